The summed E-state index contributed by atoms with van der Waals surface area (Å²) >= 11 is 0. The Morgan fingerprint density at radius 2 is 2.44 bits per heavy atom. The smallest absolute Gasteiger partial charge is 0.176 e. The summed E-state index contributed by atoms with van der Waals surface area (Å²) in [5, 5.41) is 16.9. The molecule has 1 saturated heterocycles. The van der Waals surface area contributed by atoms with Gasteiger partial charge in [0.1, 0.15) is 18.4 Å². The highest BCUT2D eigenvalue weighted by molar-refractivity contribution is 6.23. The van der Waals surface area contributed by atoms with Crippen molar-refractivity contribution in [3.8, 4) is 0 Å². The fourth-order valence-corrected chi connectivity index (χ4v) is 2.40. The summed E-state index contributed by atoms with van der Waals surface area (Å²) in [6.45, 7) is 1.85. The van der Waals surface area contributed by atoms with E-state index in [4.69, 9.17) is 15.3 Å². The van der Waals surface area contributed by atoms with Gasteiger partial charge in [-0.15, -0.1) is 0 Å². The quantitative estimate of drug-likeness (QED) is 0.721. The average Bonchev–Trinajstić information content (AvgIpc) is 2.95. The van der Waals surface area contributed by atoms with Gasteiger partial charge >= 0.3 is 0 Å². The predicted molar refractivity (Wildman–Crippen MR) is 67.4 cm³/mol. The van der Waals surface area contributed by atoms with E-state index >= 15 is 0 Å². The molecule has 0 aromatic rings. The maximum Gasteiger partial charge on any atom is 0.176 e. The van der Waals surface area contributed by atoms with Crippen molar-refractivity contribution < 1.29 is 9.84 Å². The molecule has 0 radical (unpaired) electrons. The second kappa shape index (κ2) is 3.96. The third-order valence-corrected chi connectivity index (χ3v) is 3.55. The molecular formula is C11H15N5O2. The van der Waals surface area contributed by atoms with Gasteiger partial charge in [-0.3, -0.25) is 15.3 Å². The molecule has 2 N–H and O–H groups in total. The number of aliphatic imine (C=N–C) groups is 3. The highest BCUT2D eigenvalue weighted by Gasteiger charge is 2.47. The average molecular weight is 249 g/mol. The first kappa shape index (κ1) is 11.5. The molecule has 1 unspecified atom stereocenters. The molecule has 0 spiro atoms. The number of amidine groups is 2. The van der Waals surface area contributed by atoms with Crippen molar-refractivity contribution in [3.63, 3.8) is 0 Å². The maximum absolute atomic E-state index is 9.09. The second-order valence-corrected chi connectivity index (χ2v) is 4.74. The van der Waals surface area contributed by atoms with Crippen LogP contribution < -0.4 is 0 Å². The number of nitrogens with one attached hydrogen (secondary N) is 1. The van der Waals surface area contributed by atoms with E-state index in [1.165, 1.54) is 6.34 Å². The maximum atomic E-state index is 9.09. The van der Waals surface area contributed by atoms with E-state index in [9.17, 15) is 0 Å². The Bertz CT molecular complexity index is 472. The lowest BCUT2D eigenvalue weighted by molar-refractivity contribution is -0.0216. The van der Waals surface area contributed by atoms with Crippen molar-refractivity contribution in [2.75, 3.05) is 6.61 Å². The molecular weight excluding hydrogens is 234 g/mol. The first-order chi connectivity index (χ1) is 8.65. The molecule has 1 fully saturated rings. The van der Waals surface area contributed by atoms with Crippen LogP contribution in [0.15, 0.2) is 15.0 Å². The summed E-state index contributed by atoms with van der Waals surface area (Å²) in [5.41, 5.74) is -0.796. The summed E-state index contributed by atoms with van der Waals surface area (Å²) in [4.78, 5) is 14.3. The lowest BCUT2D eigenvalue weighted by Crippen LogP contribution is -2.49. The number of hydrogen-bond acceptors (Lipinski definition) is 6. The number of ether oxygens (including phenoxy) is 1. The summed E-state index contributed by atoms with van der Waals surface area (Å²) in [6.07, 6.45) is 4.39. The van der Waals surface area contributed by atoms with E-state index in [2.05, 4.69) is 15.0 Å². The molecule has 0 saturated carbocycles. The first-order valence-electron chi connectivity index (χ1n) is 5.95. The van der Waals surface area contributed by atoms with Crippen LogP contribution in [0.5, 0.6) is 0 Å². The Morgan fingerprint density at radius 3 is 3.17 bits per heavy atom. The van der Waals surface area contributed by atoms with Crippen molar-refractivity contribution in [3.05, 3.63) is 0 Å². The number of rotatable bonds is 2. The molecule has 0 aromatic heterocycles. The van der Waals surface area contributed by atoms with E-state index in [1.54, 1.807) is 6.34 Å². The lowest BCUT2D eigenvalue weighted by Gasteiger charge is -2.29. The molecule has 3 aliphatic rings. The molecule has 7 heteroatoms. The number of nitrogens with zero attached hydrogens (tertiary/aromatic N) is 4. The van der Waals surface area contributed by atoms with Crippen LogP contribution in [0.2, 0.25) is 0 Å². The van der Waals surface area contributed by atoms with Crippen LogP contribution in [-0.4, -0.2) is 58.8 Å². The van der Waals surface area contributed by atoms with Crippen molar-refractivity contribution in [1.82, 2.24) is 4.90 Å². The Labute approximate surface area is 104 Å². The molecule has 3 heterocycles. The number of aliphatic hydroxyl groups excluding tert-OH is 1. The Kier molecular flexibility index (Phi) is 2.53. The number of fused-ring (bicyclic) bond motifs is 1. The molecule has 0 amide bonds. The Morgan fingerprint density at radius 1 is 1.61 bits per heavy atom. The van der Waals surface area contributed by atoms with Gasteiger partial charge in [0, 0.05) is 0 Å². The first-order valence-corrected chi connectivity index (χ1v) is 5.95. The van der Waals surface area contributed by atoms with Gasteiger partial charge in [-0.2, -0.15) is 0 Å². The highest BCUT2D eigenvalue weighted by Crippen LogP contribution is 2.30. The summed E-state index contributed by atoms with van der Waals surface area (Å²) in [6, 6.07) is 0. The fraction of sp³-hybridized carbons (Fsp3) is 0.636. The van der Waals surface area contributed by atoms with Gasteiger partial charge in [0.25, 0.3) is 0 Å². The van der Waals surface area contributed by atoms with E-state index in [-0.39, 0.29) is 24.8 Å². The SMILES string of the molecule is CC12N=CN([C@H]3CC[C@@H](CO)O3)C1=NC=NC2=N. The van der Waals surface area contributed by atoms with Gasteiger partial charge in [0.2, 0.25) is 0 Å². The van der Waals surface area contributed by atoms with Gasteiger partial charge in [0.05, 0.1) is 19.0 Å². The van der Waals surface area contributed by atoms with Crippen LogP contribution in [0.3, 0.4) is 0 Å². The third-order valence-electron chi connectivity index (χ3n) is 3.55. The second-order valence-electron chi connectivity index (χ2n) is 4.74. The van der Waals surface area contributed by atoms with Crippen molar-refractivity contribution >= 4 is 24.3 Å². The van der Waals surface area contributed by atoms with Crippen molar-refractivity contribution in [2.45, 2.75) is 37.6 Å². The fourth-order valence-electron chi connectivity index (χ4n) is 2.40. The van der Waals surface area contributed by atoms with Gasteiger partial charge in [0.15, 0.2) is 11.4 Å². The third kappa shape index (κ3) is 1.51. The van der Waals surface area contributed by atoms with E-state index in [0.717, 1.165) is 12.8 Å². The summed E-state index contributed by atoms with van der Waals surface area (Å²) in [7, 11) is 0. The molecule has 96 valence electrons. The zero-order chi connectivity index (χ0) is 12.8. The minimum atomic E-state index is -0.796. The van der Waals surface area contributed by atoms with Crippen LogP contribution in [0, 0.1) is 5.41 Å². The van der Waals surface area contributed by atoms with E-state index < -0.39 is 5.54 Å². The molecule has 3 rings (SSSR count). The van der Waals surface area contributed by atoms with Crippen LogP contribution in [0.4, 0.5) is 0 Å². The Balaban J connectivity index is 1.84. The topological polar surface area (TPSA) is 93.6 Å². The zero-order valence-electron chi connectivity index (χ0n) is 10.1. The van der Waals surface area contributed by atoms with Crippen LogP contribution in [0.25, 0.3) is 0 Å². The van der Waals surface area contributed by atoms with Crippen molar-refractivity contribution in [1.29, 1.82) is 5.41 Å². The van der Waals surface area contributed by atoms with Crippen LogP contribution in [-0.2, 0) is 4.74 Å². The number of aliphatic hydroxyl groups is 1. The minimum Gasteiger partial charge on any atom is -0.394 e. The zero-order valence-corrected chi connectivity index (χ0v) is 10.1. The van der Waals surface area contributed by atoms with E-state index in [0.29, 0.717) is 5.84 Å². The molecule has 3 atom stereocenters. The predicted octanol–water partition coefficient (Wildman–Crippen LogP) is 0.00407. The molecule has 18 heavy (non-hydrogen) atoms. The monoisotopic (exact) mass is 249 g/mol. The van der Waals surface area contributed by atoms with E-state index in [1.807, 2.05) is 11.8 Å². The summed E-state index contributed by atoms with van der Waals surface area (Å²) in [5.74, 6) is 0.856. The lowest BCUT2D eigenvalue weighted by atomic mass is 9.99. The molecule has 0 bridgehead atoms. The molecule has 0 aliphatic carbocycles. The van der Waals surface area contributed by atoms with Crippen LogP contribution >= 0.6 is 0 Å². The van der Waals surface area contributed by atoms with Gasteiger partial charge in [-0.05, 0) is 19.8 Å². The molecule has 3 aliphatic heterocycles. The van der Waals surface area contributed by atoms with Crippen LogP contribution in [0.1, 0.15) is 19.8 Å². The highest BCUT2D eigenvalue weighted by atomic mass is 16.5. The normalized spacial score (nSPS) is 38.2. The minimum absolute atomic E-state index is 0.0303. The van der Waals surface area contributed by atoms with Gasteiger partial charge < -0.3 is 9.84 Å². The standard InChI is InChI=1S/C11H15N5O2/c1-11-9(12)13-5-14-10(11)16(6-15-11)8-3-2-7(4-17)18-8/h5-8,12,17H,2-4H2,1H3/t7-,8+,11?/m0/s1. The molecule has 0 aromatic carbocycles. The largest absolute Gasteiger partial charge is 0.394 e. The number of hydrogen-bond donors (Lipinski definition) is 2. The summed E-state index contributed by atoms with van der Waals surface area (Å²) < 4.78 is 5.71. The van der Waals surface area contributed by atoms with Gasteiger partial charge in [-0.1, -0.05) is 0 Å². The molecule has 7 nitrogen and oxygen atoms in total. The Hall–Kier alpha value is -1.60. The van der Waals surface area contributed by atoms with Crippen molar-refractivity contribution in [2.24, 2.45) is 15.0 Å². The van der Waals surface area contributed by atoms with Gasteiger partial charge in [-0.25, -0.2) is 9.98 Å².